The molecular weight excluding hydrogens is 362 g/mol. The van der Waals surface area contributed by atoms with Gasteiger partial charge in [-0.05, 0) is 36.8 Å². The summed E-state index contributed by atoms with van der Waals surface area (Å²) in [5.74, 6) is -0.173. The van der Waals surface area contributed by atoms with Crippen LogP contribution in [0.25, 0.3) is 0 Å². The van der Waals surface area contributed by atoms with Crippen LogP contribution in [0.15, 0.2) is 54.6 Å². The molecule has 0 atom stereocenters. The number of carbonyl (C=O) groups excluding carboxylic acids is 1. The lowest BCUT2D eigenvalue weighted by molar-refractivity contribution is -0.129. The molecule has 0 saturated carbocycles. The first-order chi connectivity index (χ1) is 12.8. The third-order valence-electron chi connectivity index (χ3n) is 4.72. The van der Waals surface area contributed by atoms with Crippen LogP contribution in [0.5, 0.6) is 0 Å². The number of piperazine rings is 1. The van der Waals surface area contributed by atoms with E-state index in [1.165, 1.54) is 9.87 Å². The third kappa shape index (κ3) is 4.80. The van der Waals surface area contributed by atoms with Crippen LogP contribution in [-0.2, 0) is 14.8 Å². The second kappa shape index (κ2) is 8.00. The van der Waals surface area contributed by atoms with Gasteiger partial charge in [0.05, 0.1) is 11.9 Å². The SMILES string of the molecule is Cc1cccc(N2CCN(C(=O)CN(c3ccccc3)S(C)(=O)=O)CC2)c1. The van der Waals surface area contributed by atoms with Crippen LogP contribution < -0.4 is 9.21 Å². The van der Waals surface area contributed by atoms with Crippen LogP contribution in [-0.4, -0.2) is 58.2 Å². The van der Waals surface area contributed by atoms with Crippen LogP contribution in [0.1, 0.15) is 5.56 Å². The standard InChI is InChI=1S/C20H25N3O3S/c1-17-7-6-10-19(15-17)21-11-13-22(14-12-21)20(24)16-23(27(2,25)26)18-8-4-3-5-9-18/h3-10,15H,11-14,16H2,1-2H3. The molecule has 2 aromatic rings. The summed E-state index contributed by atoms with van der Waals surface area (Å²) < 4.78 is 25.5. The first kappa shape index (κ1) is 19.2. The number of anilines is 2. The molecule has 6 nitrogen and oxygen atoms in total. The van der Waals surface area contributed by atoms with Gasteiger partial charge in [-0.3, -0.25) is 9.10 Å². The minimum absolute atomic E-state index is 0.173. The Morgan fingerprint density at radius 2 is 1.67 bits per heavy atom. The van der Waals surface area contributed by atoms with Crippen molar-refractivity contribution in [1.29, 1.82) is 0 Å². The highest BCUT2D eigenvalue weighted by molar-refractivity contribution is 7.92. The van der Waals surface area contributed by atoms with Gasteiger partial charge in [0.1, 0.15) is 6.54 Å². The van der Waals surface area contributed by atoms with Crippen molar-refractivity contribution in [1.82, 2.24) is 4.90 Å². The number of para-hydroxylation sites is 1. The van der Waals surface area contributed by atoms with E-state index in [0.29, 0.717) is 18.8 Å². The molecule has 0 spiro atoms. The van der Waals surface area contributed by atoms with Crippen molar-refractivity contribution in [2.45, 2.75) is 6.92 Å². The lowest BCUT2D eigenvalue weighted by atomic mass is 10.2. The molecule has 27 heavy (non-hydrogen) atoms. The molecule has 1 aliphatic heterocycles. The zero-order chi connectivity index (χ0) is 19.4. The molecule has 0 radical (unpaired) electrons. The number of sulfonamides is 1. The van der Waals surface area contributed by atoms with Crippen LogP contribution in [0.2, 0.25) is 0 Å². The monoisotopic (exact) mass is 387 g/mol. The van der Waals surface area contributed by atoms with Gasteiger partial charge in [-0.15, -0.1) is 0 Å². The Labute approximate surface area is 161 Å². The highest BCUT2D eigenvalue weighted by Gasteiger charge is 2.26. The fourth-order valence-electron chi connectivity index (χ4n) is 3.26. The largest absolute Gasteiger partial charge is 0.368 e. The van der Waals surface area contributed by atoms with Crippen molar-refractivity contribution in [3.8, 4) is 0 Å². The maximum Gasteiger partial charge on any atom is 0.243 e. The summed E-state index contributed by atoms with van der Waals surface area (Å²) in [4.78, 5) is 16.7. The first-order valence-electron chi connectivity index (χ1n) is 8.97. The number of hydrogen-bond acceptors (Lipinski definition) is 4. The summed E-state index contributed by atoms with van der Waals surface area (Å²) in [6, 6.07) is 17.0. The second-order valence-corrected chi connectivity index (χ2v) is 8.72. The minimum atomic E-state index is -3.53. The molecule has 0 aliphatic carbocycles. The zero-order valence-corrected chi connectivity index (χ0v) is 16.5. The van der Waals surface area contributed by atoms with E-state index in [2.05, 4.69) is 30.0 Å². The number of nitrogens with zero attached hydrogens (tertiary/aromatic N) is 3. The van der Waals surface area contributed by atoms with Gasteiger partial charge < -0.3 is 9.80 Å². The van der Waals surface area contributed by atoms with E-state index < -0.39 is 10.0 Å². The van der Waals surface area contributed by atoms with Gasteiger partial charge >= 0.3 is 0 Å². The molecule has 2 aromatic carbocycles. The fourth-order valence-corrected chi connectivity index (χ4v) is 4.11. The Hall–Kier alpha value is -2.54. The molecule has 0 aromatic heterocycles. The van der Waals surface area contributed by atoms with E-state index in [-0.39, 0.29) is 12.5 Å². The van der Waals surface area contributed by atoms with Crippen molar-refractivity contribution < 1.29 is 13.2 Å². The van der Waals surface area contributed by atoms with E-state index in [1.807, 2.05) is 12.1 Å². The Bertz CT molecular complexity index is 892. The Morgan fingerprint density at radius 3 is 2.26 bits per heavy atom. The summed E-state index contributed by atoms with van der Waals surface area (Å²) in [7, 11) is -3.53. The Kier molecular flexibility index (Phi) is 5.70. The summed E-state index contributed by atoms with van der Waals surface area (Å²) in [6.07, 6.45) is 1.13. The maximum atomic E-state index is 12.7. The second-order valence-electron chi connectivity index (χ2n) is 6.81. The van der Waals surface area contributed by atoms with E-state index in [1.54, 1.807) is 29.2 Å². The number of amides is 1. The van der Waals surface area contributed by atoms with Gasteiger partial charge in [-0.2, -0.15) is 0 Å². The lowest BCUT2D eigenvalue weighted by Crippen LogP contribution is -2.52. The van der Waals surface area contributed by atoms with Crippen molar-refractivity contribution in [3.63, 3.8) is 0 Å². The zero-order valence-electron chi connectivity index (χ0n) is 15.7. The van der Waals surface area contributed by atoms with E-state index in [9.17, 15) is 13.2 Å². The molecular formula is C20H25N3O3S. The fraction of sp³-hybridized carbons (Fsp3) is 0.350. The number of hydrogen-bond donors (Lipinski definition) is 0. The quantitative estimate of drug-likeness (QED) is 0.788. The van der Waals surface area contributed by atoms with Crippen LogP contribution in [0, 0.1) is 6.92 Å². The third-order valence-corrected chi connectivity index (χ3v) is 5.86. The van der Waals surface area contributed by atoms with E-state index in [0.717, 1.165) is 25.0 Å². The molecule has 1 amide bonds. The van der Waals surface area contributed by atoms with Gasteiger partial charge in [0.25, 0.3) is 0 Å². The van der Waals surface area contributed by atoms with Crippen molar-refractivity contribution in [2.24, 2.45) is 0 Å². The van der Waals surface area contributed by atoms with Gasteiger partial charge in [0.2, 0.25) is 15.9 Å². The molecule has 3 rings (SSSR count). The highest BCUT2D eigenvalue weighted by atomic mass is 32.2. The Morgan fingerprint density at radius 1 is 1.00 bits per heavy atom. The number of benzene rings is 2. The molecule has 0 unspecified atom stereocenters. The summed E-state index contributed by atoms with van der Waals surface area (Å²) in [5.41, 5.74) is 2.87. The summed E-state index contributed by atoms with van der Waals surface area (Å²) in [5, 5.41) is 0. The average Bonchev–Trinajstić information content (AvgIpc) is 2.66. The molecule has 144 valence electrons. The predicted octanol–water partition coefficient (Wildman–Crippen LogP) is 2.11. The van der Waals surface area contributed by atoms with Gasteiger partial charge in [0.15, 0.2) is 0 Å². The topological polar surface area (TPSA) is 60.9 Å². The highest BCUT2D eigenvalue weighted by Crippen LogP contribution is 2.19. The number of carbonyl (C=O) groups is 1. The maximum absolute atomic E-state index is 12.7. The van der Waals surface area contributed by atoms with Crippen molar-refractivity contribution in [2.75, 3.05) is 48.2 Å². The van der Waals surface area contributed by atoms with Crippen LogP contribution in [0.3, 0.4) is 0 Å². The summed E-state index contributed by atoms with van der Waals surface area (Å²) in [6.45, 7) is 4.52. The Balaban J connectivity index is 1.65. The number of rotatable bonds is 5. The normalized spacial score (nSPS) is 14.9. The van der Waals surface area contributed by atoms with Crippen LogP contribution >= 0.6 is 0 Å². The first-order valence-corrected chi connectivity index (χ1v) is 10.8. The average molecular weight is 388 g/mol. The molecule has 1 aliphatic rings. The van der Waals surface area contributed by atoms with Crippen molar-refractivity contribution >= 4 is 27.3 Å². The molecule has 0 bridgehead atoms. The smallest absolute Gasteiger partial charge is 0.243 e. The molecule has 1 fully saturated rings. The molecule has 7 heteroatoms. The summed E-state index contributed by atoms with van der Waals surface area (Å²) >= 11 is 0. The predicted molar refractivity (Wildman–Crippen MR) is 109 cm³/mol. The lowest BCUT2D eigenvalue weighted by Gasteiger charge is -2.37. The number of aryl methyl sites for hydroxylation is 1. The molecule has 0 N–H and O–H groups in total. The van der Waals surface area contributed by atoms with E-state index >= 15 is 0 Å². The van der Waals surface area contributed by atoms with Gasteiger partial charge in [0, 0.05) is 31.9 Å². The van der Waals surface area contributed by atoms with Crippen molar-refractivity contribution in [3.05, 3.63) is 60.2 Å². The van der Waals surface area contributed by atoms with Gasteiger partial charge in [-0.1, -0.05) is 30.3 Å². The molecule has 1 heterocycles. The van der Waals surface area contributed by atoms with Gasteiger partial charge in [-0.25, -0.2) is 8.42 Å². The minimum Gasteiger partial charge on any atom is -0.368 e. The van der Waals surface area contributed by atoms with Crippen LogP contribution in [0.4, 0.5) is 11.4 Å². The van der Waals surface area contributed by atoms with E-state index in [4.69, 9.17) is 0 Å². The molecule has 1 saturated heterocycles.